The lowest BCUT2D eigenvalue weighted by Crippen LogP contribution is -2.47. The number of benzene rings is 1. The smallest absolute Gasteiger partial charge is 0.244 e. The molecule has 1 aliphatic heterocycles. The van der Waals surface area contributed by atoms with Crippen LogP contribution in [0.1, 0.15) is 5.76 Å². The highest BCUT2D eigenvalue weighted by Crippen LogP contribution is 2.23. The number of fused-ring (bicyclic) bond motifs is 1. The number of piperazine rings is 1. The molecule has 1 fully saturated rings. The number of hydrogen-bond donors (Lipinski definition) is 0. The second-order valence-corrected chi connectivity index (χ2v) is 9.10. The summed E-state index contributed by atoms with van der Waals surface area (Å²) in [7, 11) is 0.408. The SMILES string of the molecule is CN1CCN(S(=O)(=O)c2ccc(N(C)Cc3cc4ccccc4o3)nc2)CC1. The Bertz CT molecular complexity index is 1020. The van der Waals surface area contributed by atoms with E-state index in [4.69, 9.17) is 4.42 Å². The van der Waals surface area contributed by atoms with Crippen LogP contribution >= 0.6 is 0 Å². The second kappa shape index (κ2) is 7.54. The van der Waals surface area contributed by atoms with Gasteiger partial charge in [-0.3, -0.25) is 0 Å². The lowest BCUT2D eigenvalue weighted by Gasteiger charge is -2.31. The number of pyridine rings is 1. The molecule has 0 spiro atoms. The maximum absolute atomic E-state index is 12.8. The molecule has 0 unspecified atom stereocenters. The fourth-order valence-electron chi connectivity index (χ4n) is 3.36. The van der Waals surface area contributed by atoms with E-state index in [1.165, 1.54) is 10.5 Å². The number of aromatic nitrogens is 1. The molecule has 0 radical (unpaired) electrons. The quantitative estimate of drug-likeness (QED) is 0.655. The lowest BCUT2D eigenvalue weighted by atomic mass is 10.2. The topological polar surface area (TPSA) is 69.9 Å². The minimum Gasteiger partial charge on any atom is -0.459 e. The van der Waals surface area contributed by atoms with E-state index in [0.717, 1.165) is 29.8 Å². The van der Waals surface area contributed by atoms with Crippen LogP contribution in [-0.4, -0.2) is 62.9 Å². The molecule has 8 heteroatoms. The average Bonchev–Trinajstić information content (AvgIpc) is 3.10. The third-order valence-corrected chi connectivity index (χ3v) is 6.96. The Morgan fingerprint density at radius 1 is 1.11 bits per heavy atom. The van der Waals surface area contributed by atoms with Gasteiger partial charge in [0.15, 0.2) is 0 Å². The summed E-state index contributed by atoms with van der Waals surface area (Å²) in [6.07, 6.45) is 1.44. The number of furan rings is 1. The zero-order chi connectivity index (χ0) is 19.7. The fourth-order valence-corrected chi connectivity index (χ4v) is 4.73. The summed E-state index contributed by atoms with van der Waals surface area (Å²) in [5.74, 6) is 1.53. The third kappa shape index (κ3) is 3.76. The number of anilines is 1. The molecule has 2 aromatic heterocycles. The van der Waals surface area contributed by atoms with Crippen LogP contribution in [0.25, 0.3) is 11.0 Å². The van der Waals surface area contributed by atoms with Gasteiger partial charge < -0.3 is 14.2 Å². The molecule has 0 N–H and O–H groups in total. The van der Waals surface area contributed by atoms with Gasteiger partial charge >= 0.3 is 0 Å². The Kier molecular flexibility index (Phi) is 5.09. The van der Waals surface area contributed by atoms with E-state index in [-0.39, 0.29) is 4.90 Å². The predicted octanol–water partition coefficient (Wildman–Crippen LogP) is 2.40. The maximum atomic E-state index is 12.8. The molecule has 28 heavy (non-hydrogen) atoms. The second-order valence-electron chi connectivity index (χ2n) is 7.17. The van der Waals surface area contributed by atoms with Gasteiger partial charge in [-0.15, -0.1) is 0 Å². The van der Waals surface area contributed by atoms with Gasteiger partial charge in [-0.25, -0.2) is 13.4 Å². The number of hydrogen-bond acceptors (Lipinski definition) is 6. The zero-order valence-electron chi connectivity index (χ0n) is 16.1. The molecule has 0 aliphatic carbocycles. The summed E-state index contributed by atoms with van der Waals surface area (Å²) in [4.78, 5) is 8.67. The van der Waals surface area contributed by atoms with Crippen molar-refractivity contribution in [2.24, 2.45) is 0 Å². The first kappa shape index (κ1) is 18.9. The van der Waals surface area contributed by atoms with Crippen LogP contribution in [0, 0.1) is 0 Å². The number of para-hydroxylation sites is 1. The Morgan fingerprint density at radius 3 is 2.54 bits per heavy atom. The van der Waals surface area contributed by atoms with Crippen molar-refractivity contribution >= 4 is 26.8 Å². The van der Waals surface area contributed by atoms with E-state index < -0.39 is 10.0 Å². The van der Waals surface area contributed by atoms with E-state index in [9.17, 15) is 8.42 Å². The number of rotatable bonds is 5. The van der Waals surface area contributed by atoms with Crippen molar-refractivity contribution in [3.63, 3.8) is 0 Å². The Labute approximate surface area is 165 Å². The van der Waals surface area contributed by atoms with Gasteiger partial charge in [0.25, 0.3) is 0 Å². The van der Waals surface area contributed by atoms with Crippen molar-refractivity contribution in [3.05, 3.63) is 54.4 Å². The summed E-state index contributed by atoms with van der Waals surface area (Å²) in [5, 5.41) is 1.06. The van der Waals surface area contributed by atoms with Crippen LogP contribution in [0.4, 0.5) is 5.82 Å². The number of sulfonamides is 1. The van der Waals surface area contributed by atoms with Crippen molar-refractivity contribution in [1.29, 1.82) is 0 Å². The van der Waals surface area contributed by atoms with Crippen molar-refractivity contribution in [2.75, 3.05) is 45.2 Å². The maximum Gasteiger partial charge on any atom is 0.244 e. The van der Waals surface area contributed by atoms with Crippen LogP contribution in [0.5, 0.6) is 0 Å². The van der Waals surface area contributed by atoms with E-state index in [1.54, 1.807) is 12.1 Å². The van der Waals surface area contributed by atoms with E-state index in [1.807, 2.05) is 49.3 Å². The summed E-state index contributed by atoms with van der Waals surface area (Å²) < 4.78 is 33.0. The highest BCUT2D eigenvalue weighted by Gasteiger charge is 2.27. The molecular weight excluding hydrogens is 376 g/mol. The van der Waals surface area contributed by atoms with Crippen molar-refractivity contribution < 1.29 is 12.8 Å². The Hall–Kier alpha value is -2.42. The van der Waals surface area contributed by atoms with Crippen LogP contribution < -0.4 is 4.90 Å². The zero-order valence-corrected chi connectivity index (χ0v) is 16.9. The Morgan fingerprint density at radius 2 is 1.86 bits per heavy atom. The van der Waals surface area contributed by atoms with E-state index in [2.05, 4.69) is 9.88 Å². The first-order valence-corrected chi connectivity index (χ1v) is 10.7. The molecule has 7 nitrogen and oxygen atoms in total. The molecule has 3 heterocycles. The van der Waals surface area contributed by atoms with Gasteiger partial charge in [-0.1, -0.05) is 18.2 Å². The average molecular weight is 401 g/mol. The van der Waals surface area contributed by atoms with Crippen molar-refractivity contribution in [1.82, 2.24) is 14.2 Å². The molecule has 1 aromatic carbocycles. The summed E-state index contributed by atoms with van der Waals surface area (Å²) >= 11 is 0. The minimum atomic E-state index is -3.50. The van der Waals surface area contributed by atoms with E-state index >= 15 is 0 Å². The molecule has 148 valence electrons. The third-order valence-electron chi connectivity index (χ3n) is 5.08. The largest absolute Gasteiger partial charge is 0.459 e. The lowest BCUT2D eigenvalue weighted by molar-refractivity contribution is 0.222. The molecule has 0 bridgehead atoms. The fraction of sp³-hybridized carbons (Fsp3) is 0.350. The molecule has 1 aliphatic rings. The first-order valence-electron chi connectivity index (χ1n) is 9.27. The van der Waals surface area contributed by atoms with Gasteiger partial charge in [0, 0.05) is 44.8 Å². The van der Waals surface area contributed by atoms with Crippen molar-refractivity contribution in [3.8, 4) is 0 Å². The molecule has 3 aromatic rings. The summed E-state index contributed by atoms with van der Waals surface area (Å²) in [6, 6.07) is 13.3. The van der Waals surface area contributed by atoms with Gasteiger partial charge in [0.05, 0.1) is 6.54 Å². The van der Waals surface area contributed by atoms with Crippen LogP contribution in [0.2, 0.25) is 0 Å². The number of likely N-dealkylation sites (N-methyl/N-ethyl adjacent to an activating group) is 1. The van der Waals surface area contributed by atoms with Crippen molar-refractivity contribution in [2.45, 2.75) is 11.4 Å². The van der Waals surface area contributed by atoms with Gasteiger partial charge in [0.1, 0.15) is 22.1 Å². The molecule has 0 amide bonds. The van der Waals surface area contributed by atoms with E-state index in [0.29, 0.717) is 25.5 Å². The summed E-state index contributed by atoms with van der Waals surface area (Å²) in [5.41, 5.74) is 0.854. The van der Waals surface area contributed by atoms with Crippen LogP contribution in [0.15, 0.2) is 58.0 Å². The molecule has 0 atom stereocenters. The minimum absolute atomic E-state index is 0.234. The monoisotopic (exact) mass is 400 g/mol. The molecule has 0 saturated carbocycles. The van der Waals surface area contributed by atoms with Crippen LogP contribution in [-0.2, 0) is 16.6 Å². The van der Waals surface area contributed by atoms with Gasteiger partial charge in [-0.2, -0.15) is 4.31 Å². The summed E-state index contributed by atoms with van der Waals surface area (Å²) in [6.45, 7) is 3.04. The van der Waals surface area contributed by atoms with Crippen LogP contribution in [0.3, 0.4) is 0 Å². The van der Waals surface area contributed by atoms with Gasteiger partial charge in [-0.05, 0) is 31.3 Å². The standard InChI is InChI=1S/C20H24N4O3S/c1-22-9-11-24(12-10-22)28(25,26)18-7-8-20(21-14-18)23(2)15-17-13-16-5-3-4-6-19(16)27-17/h3-8,13-14H,9-12,15H2,1-2H3. The first-order chi connectivity index (χ1) is 13.4. The van der Waals surface area contributed by atoms with Gasteiger partial charge in [0.2, 0.25) is 10.0 Å². The highest BCUT2D eigenvalue weighted by molar-refractivity contribution is 7.89. The number of nitrogens with zero attached hydrogens (tertiary/aromatic N) is 4. The predicted molar refractivity (Wildman–Crippen MR) is 109 cm³/mol. The molecular formula is C20H24N4O3S. The molecule has 4 rings (SSSR count). The normalized spacial score (nSPS) is 16.5. The molecule has 1 saturated heterocycles. The Balaban J connectivity index is 1.47. The highest BCUT2D eigenvalue weighted by atomic mass is 32.2.